The van der Waals surface area contributed by atoms with Gasteiger partial charge in [-0.15, -0.1) is 6.42 Å². The summed E-state index contributed by atoms with van der Waals surface area (Å²) in [6, 6.07) is 2.02. The van der Waals surface area contributed by atoms with Crippen molar-refractivity contribution in [2.75, 3.05) is 31.1 Å². The molecule has 1 fully saturated rings. The number of rotatable bonds is 1. The molecular weight excluding hydrogens is 266 g/mol. The zero-order chi connectivity index (χ0) is 11.4. The van der Waals surface area contributed by atoms with Crippen molar-refractivity contribution < 1.29 is 0 Å². The summed E-state index contributed by atoms with van der Waals surface area (Å²) in [5.41, 5.74) is 1.93. The highest BCUT2D eigenvalue weighted by Crippen LogP contribution is 2.20. The van der Waals surface area contributed by atoms with E-state index < -0.39 is 0 Å². The van der Waals surface area contributed by atoms with E-state index in [-0.39, 0.29) is 0 Å². The van der Waals surface area contributed by atoms with E-state index >= 15 is 0 Å². The number of pyridine rings is 1. The maximum Gasteiger partial charge on any atom is 0.121 e. The highest BCUT2D eigenvalue weighted by molar-refractivity contribution is 9.10. The average molecular weight is 280 g/mol. The first-order valence-electron chi connectivity index (χ1n) is 5.39. The minimum absolute atomic E-state index is 0.742. The third-order valence-corrected chi connectivity index (χ3v) is 3.32. The molecule has 3 nitrogen and oxygen atoms in total. The van der Waals surface area contributed by atoms with E-state index in [0.717, 1.165) is 48.5 Å². The van der Waals surface area contributed by atoms with E-state index in [0.29, 0.717) is 0 Å². The van der Waals surface area contributed by atoms with E-state index in [1.54, 1.807) is 0 Å². The summed E-state index contributed by atoms with van der Waals surface area (Å²) in [5, 5.41) is 3.38. The van der Waals surface area contributed by atoms with E-state index in [1.807, 2.05) is 12.3 Å². The van der Waals surface area contributed by atoms with Gasteiger partial charge in [0.25, 0.3) is 0 Å². The zero-order valence-corrected chi connectivity index (χ0v) is 10.6. The molecule has 0 bridgehead atoms. The van der Waals surface area contributed by atoms with Gasteiger partial charge in [0.2, 0.25) is 0 Å². The lowest BCUT2D eigenvalue weighted by molar-refractivity contribution is 0.724. The number of hydrogen-bond donors (Lipinski definition) is 1. The molecule has 1 N–H and O–H groups in total. The van der Waals surface area contributed by atoms with Crippen molar-refractivity contribution in [3.63, 3.8) is 0 Å². The van der Waals surface area contributed by atoms with E-state index in [2.05, 4.69) is 37.1 Å². The average Bonchev–Trinajstić information content (AvgIpc) is 2.58. The number of anilines is 1. The predicted molar refractivity (Wildman–Crippen MR) is 69.6 cm³/mol. The Morgan fingerprint density at radius 2 is 2.31 bits per heavy atom. The van der Waals surface area contributed by atoms with Gasteiger partial charge in [-0.05, 0) is 35.0 Å². The first kappa shape index (κ1) is 11.4. The van der Waals surface area contributed by atoms with Gasteiger partial charge in [-0.1, -0.05) is 5.92 Å². The molecule has 4 heteroatoms. The molecule has 84 valence electrons. The molecule has 0 spiro atoms. The molecule has 0 radical (unpaired) electrons. The molecule has 0 aliphatic carbocycles. The van der Waals surface area contributed by atoms with Gasteiger partial charge in [-0.25, -0.2) is 4.98 Å². The molecule has 1 aromatic rings. The van der Waals surface area contributed by atoms with Gasteiger partial charge in [0, 0.05) is 19.6 Å². The Labute approximate surface area is 104 Å². The molecule has 0 unspecified atom stereocenters. The number of halogens is 1. The number of aromatic nitrogens is 1. The van der Waals surface area contributed by atoms with Crippen molar-refractivity contribution >= 4 is 21.6 Å². The number of terminal acetylenes is 1. The third kappa shape index (κ3) is 2.55. The van der Waals surface area contributed by atoms with E-state index in [4.69, 9.17) is 6.42 Å². The molecule has 0 atom stereocenters. The summed E-state index contributed by atoms with van der Waals surface area (Å²) in [5.74, 6) is 2.64. The normalized spacial score (nSPS) is 16.6. The Morgan fingerprint density at radius 3 is 3.12 bits per heavy atom. The maximum absolute atomic E-state index is 5.43. The molecule has 16 heavy (non-hydrogen) atoms. The van der Waals surface area contributed by atoms with Crippen LogP contribution in [0.3, 0.4) is 0 Å². The second-order valence-electron chi connectivity index (χ2n) is 3.77. The SMILES string of the molecule is C#Cc1cc(N2CCCNCC2)cnc1Br. The molecule has 2 rings (SSSR count). The van der Waals surface area contributed by atoms with Crippen LogP contribution in [0.15, 0.2) is 16.9 Å². The number of nitrogens with one attached hydrogen (secondary N) is 1. The Hall–Kier alpha value is -1.05. The first-order chi connectivity index (χ1) is 7.81. The van der Waals surface area contributed by atoms with Crippen molar-refractivity contribution in [2.24, 2.45) is 0 Å². The monoisotopic (exact) mass is 279 g/mol. The van der Waals surface area contributed by atoms with Crippen molar-refractivity contribution in [1.29, 1.82) is 0 Å². The topological polar surface area (TPSA) is 28.2 Å². The van der Waals surface area contributed by atoms with Crippen LogP contribution in [0.5, 0.6) is 0 Å². The van der Waals surface area contributed by atoms with Crippen LogP contribution >= 0.6 is 15.9 Å². The summed E-state index contributed by atoms with van der Waals surface area (Å²) in [6.45, 7) is 4.16. The summed E-state index contributed by atoms with van der Waals surface area (Å²) in [6.07, 6.45) is 8.45. The fourth-order valence-corrected chi connectivity index (χ4v) is 2.15. The zero-order valence-electron chi connectivity index (χ0n) is 9.04. The van der Waals surface area contributed by atoms with Gasteiger partial charge in [-0.2, -0.15) is 0 Å². The lowest BCUT2D eigenvalue weighted by Crippen LogP contribution is -2.27. The smallest absolute Gasteiger partial charge is 0.121 e. The quantitative estimate of drug-likeness (QED) is 0.626. The summed E-state index contributed by atoms with van der Waals surface area (Å²) in [7, 11) is 0. The number of hydrogen-bond acceptors (Lipinski definition) is 3. The van der Waals surface area contributed by atoms with Gasteiger partial charge in [0.1, 0.15) is 4.60 Å². The van der Waals surface area contributed by atoms with Crippen LogP contribution in [0.2, 0.25) is 0 Å². The van der Waals surface area contributed by atoms with Gasteiger partial charge in [0.15, 0.2) is 0 Å². The Kier molecular flexibility index (Phi) is 3.81. The predicted octanol–water partition coefficient (Wildman–Crippen LogP) is 1.63. The van der Waals surface area contributed by atoms with Crippen LogP contribution < -0.4 is 10.2 Å². The van der Waals surface area contributed by atoms with Crippen LogP contribution in [-0.4, -0.2) is 31.2 Å². The van der Waals surface area contributed by atoms with Crippen LogP contribution in [-0.2, 0) is 0 Å². The molecule has 1 aliphatic heterocycles. The van der Waals surface area contributed by atoms with Crippen molar-refractivity contribution in [2.45, 2.75) is 6.42 Å². The first-order valence-corrected chi connectivity index (χ1v) is 6.18. The van der Waals surface area contributed by atoms with Crippen LogP contribution in [0.4, 0.5) is 5.69 Å². The second kappa shape index (κ2) is 5.33. The summed E-state index contributed by atoms with van der Waals surface area (Å²) in [4.78, 5) is 6.59. The van der Waals surface area contributed by atoms with Crippen molar-refractivity contribution in [3.05, 3.63) is 22.4 Å². The largest absolute Gasteiger partial charge is 0.369 e. The van der Waals surface area contributed by atoms with Crippen molar-refractivity contribution in [1.82, 2.24) is 10.3 Å². The van der Waals surface area contributed by atoms with Gasteiger partial charge in [0.05, 0.1) is 17.4 Å². The van der Waals surface area contributed by atoms with Crippen molar-refractivity contribution in [3.8, 4) is 12.3 Å². The Bertz CT molecular complexity index is 403. The lowest BCUT2D eigenvalue weighted by atomic mass is 10.2. The minimum atomic E-state index is 0.742. The Morgan fingerprint density at radius 1 is 1.44 bits per heavy atom. The van der Waals surface area contributed by atoms with E-state index in [9.17, 15) is 0 Å². The Balaban J connectivity index is 2.22. The van der Waals surface area contributed by atoms with Gasteiger partial charge in [-0.3, -0.25) is 0 Å². The molecule has 1 aliphatic rings. The van der Waals surface area contributed by atoms with Crippen LogP contribution in [0.25, 0.3) is 0 Å². The van der Waals surface area contributed by atoms with Crippen LogP contribution in [0, 0.1) is 12.3 Å². The molecule has 2 heterocycles. The summed E-state index contributed by atoms with van der Waals surface area (Å²) >= 11 is 3.35. The number of nitrogens with zero attached hydrogens (tertiary/aromatic N) is 2. The molecule has 0 amide bonds. The molecular formula is C12H14BrN3. The minimum Gasteiger partial charge on any atom is -0.369 e. The molecule has 1 aromatic heterocycles. The fraction of sp³-hybridized carbons (Fsp3) is 0.417. The highest BCUT2D eigenvalue weighted by Gasteiger charge is 2.11. The van der Waals surface area contributed by atoms with E-state index in [1.165, 1.54) is 0 Å². The fourth-order valence-electron chi connectivity index (χ4n) is 1.82. The lowest BCUT2D eigenvalue weighted by Gasteiger charge is -2.22. The van der Waals surface area contributed by atoms with Gasteiger partial charge < -0.3 is 10.2 Å². The molecule has 1 saturated heterocycles. The van der Waals surface area contributed by atoms with Gasteiger partial charge >= 0.3 is 0 Å². The summed E-state index contributed by atoms with van der Waals surface area (Å²) < 4.78 is 0.742. The highest BCUT2D eigenvalue weighted by atomic mass is 79.9. The third-order valence-electron chi connectivity index (χ3n) is 2.69. The standard InChI is InChI=1S/C12H14BrN3/c1-2-10-8-11(9-15-12(10)13)16-6-3-4-14-5-7-16/h1,8-9,14H,3-7H2. The van der Waals surface area contributed by atoms with Crippen LogP contribution in [0.1, 0.15) is 12.0 Å². The maximum atomic E-state index is 5.43. The second-order valence-corrected chi connectivity index (χ2v) is 4.52. The molecule has 0 saturated carbocycles. The molecule has 0 aromatic carbocycles.